The van der Waals surface area contributed by atoms with Crippen LogP contribution in [0.1, 0.15) is 31.2 Å². The molecule has 3 heteroatoms. The van der Waals surface area contributed by atoms with Crippen LogP contribution in [0.2, 0.25) is 0 Å². The largest absolute Gasteiger partial charge is 0.385 e. The van der Waals surface area contributed by atoms with Crippen molar-refractivity contribution in [3.8, 4) is 0 Å². The molecule has 2 heterocycles. The van der Waals surface area contributed by atoms with Crippen LogP contribution in [0, 0.1) is 5.92 Å². The van der Waals surface area contributed by atoms with Gasteiger partial charge >= 0.3 is 0 Å². The van der Waals surface area contributed by atoms with Gasteiger partial charge in [0.15, 0.2) is 0 Å². The molecule has 2 saturated heterocycles. The Hall–Kier alpha value is -1.06. The van der Waals surface area contributed by atoms with Crippen molar-refractivity contribution >= 4 is 5.69 Å². The van der Waals surface area contributed by atoms with Crippen LogP contribution in [0.5, 0.6) is 0 Å². The molecular weight excluding hydrogens is 248 g/mol. The third kappa shape index (κ3) is 3.97. The third-order valence-electron chi connectivity index (χ3n) is 4.41. The van der Waals surface area contributed by atoms with E-state index in [2.05, 4.69) is 34.5 Å². The number of ether oxygens (including phenoxy) is 1. The molecule has 0 aromatic heterocycles. The Balaban J connectivity index is 1.45. The minimum atomic E-state index is 0.674. The lowest BCUT2D eigenvalue weighted by Gasteiger charge is -2.22. The monoisotopic (exact) mass is 274 g/mol. The van der Waals surface area contributed by atoms with Crippen molar-refractivity contribution in [2.24, 2.45) is 5.92 Å². The van der Waals surface area contributed by atoms with Gasteiger partial charge < -0.3 is 10.1 Å². The molecule has 1 aromatic rings. The van der Waals surface area contributed by atoms with Crippen LogP contribution < -0.4 is 5.32 Å². The average Bonchev–Trinajstić information content (AvgIpc) is 3.01. The van der Waals surface area contributed by atoms with E-state index in [1.54, 1.807) is 0 Å². The molecule has 0 spiro atoms. The van der Waals surface area contributed by atoms with Gasteiger partial charge in [0.1, 0.15) is 0 Å². The van der Waals surface area contributed by atoms with E-state index in [1.807, 2.05) is 0 Å². The topological polar surface area (TPSA) is 24.5 Å². The van der Waals surface area contributed by atoms with Crippen LogP contribution in [-0.4, -0.2) is 37.7 Å². The Morgan fingerprint density at radius 1 is 1.10 bits per heavy atom. The van der Waals surface area contributed by atoms with Gasteiger partial charge in [-0.05, 0) is 62.4 Å². The molecule has 110 valence electrons. The maximum atomic E-state index is 5.52. The molecule has 0 aliphatic carbocycles. The zero-order valence-electron chi connectivity index (χ0n) is 12.3. The molecule has 0 saturated carbocycles. The Kier molecular flexibility index (Phi) is 4.93. The summed E-state index contributed by atoms with van der Waals surface area (Å²) in [6.07, 6.45) is 5.23. The van der Waals surface area contributed by atoms with Gasteiger partial charge in [-0.15, -0.1) is 0 Å². The number of nitrogens with one attached hydrogen (secondary N) is 1. The van der Waals surface area contributed by atoms with E-state index >= 15 is 0 Å². The highest BCUT2D eigenvalue weighted by Gasteiger charge is 2.14. The first-order valence-electron chi connectivity index (χ1n) is 8.03. The van der Waals surface area contributed by atoms with Gasteiger partial charge in [0, 0.05) is 25.4 Å². The number of likely N-dealkylation sites (tertiary alicyclic amines) is 1. The smallest absolute Gasteiger partial charge is 0.0511 e. The van der Waals surface area contributed by atoms with Gasteiger partial charge in [0.2, 0.25) is 0 Å². The number of hydrogen-bond donors (Lipinski definition) is 1. The lowest BCUT2D eigenvalue weighted by molar-refractivity contribution is 0.0595. The first kappa shape index (κ1) is 13.9. The molecule has 1 unspecified atom stereocenters. The molecule has 2 aliphatic rings. The van der Waals surface area contributed by atoms with Gasteiger partial charge in [0.05, 0.1) is 6.61 Å². The fraction of sp³-hybridized carbons (Fsp3) is 0.647. The summed E-state index contributed by atoms with van der Waals surface area (Å²) in [5, 5.41) is 3.54. The van der Waals surface area contributed by atoms with E-state index in [1.165, 1.54) is 50.0 Å². The molecule has 2 fully saturated rings. The van der Waals surface area contributed by atoms with Crippen molar-refractivity contribution < 1.29 is 4.74 Å². The molecule has 0 amide bonds. The van der Waals surface area contributed by atoms with E-state index in [9.17, 15) is 0 Å². The van der Waals surface area contributed by atoms with Gasteiger partial charge in [-0.2, -0.15) is 0 Å². The summed E-state index contributed by atoms with van der Waals surface area (Å²) in [5.41, 5.74) is 2.67. The van der Waals surface area contributed by atoms with E-state index < -0.39 is 0 Å². The quantitative estimate of drug-likeness (QED) is 0.893. The predicted octanol–water partition coefficient (Wildman–Crippen LogP) is 3.12. The Labute approximate surface area is 122 Å². The van der Waals surface area contributed by atoms with Crippen molar-refractivity contribution in [1.29, 1.82) is 0 Å². The number of benzene rings is 1. The highest BCUT2D eigenvalue weighted by Crippen LogP contribution is 2.17. The van der Waals surface area contributed by atoms with Crippen LogP contribution >= 0.6 is 0 Å². The molecule has 1 aromatic carbocycles. The average molecular weight is 274 g/mol. The first-order chi connectivity index (χ1) is 9.90. The van der Waals surface area contributed by atoms with Crippen molar-refractivity contribution in [1.82, 2.24) is 4.90 Å². The molecule has 0 bridgehead atoms. The zero-order chi connectivity index (χ0) is 13.6. The van der Waals surface area contributed by atoms with Crippen LogP contribution in [0.4, 0.5) is 5.69 Å². The molecule has 1 atom stereocenters. The molecule has 0 radical (unpaired) electrons. The fourth-order valence-electron chi connectivity index (χ4n) is 3.16. The molecule has 2 aliphatic heterocycles. The summed E-state index contributed by atoms with van der Waals surface area (Å²) in [5.74, 6) is 0.674. The van der Waals surface area contributed by atoms with Crippen LogP contribution in [0.3, 0.4) is 0 Å². The minimum absolute atomic E-state index is 0.674. The highest BCUT2D eigenvalue weighted by atomic mass is 16.5. The Morgan fingerprint density at radius 2 is 1.90 bits per heavy atom. The van der Waals surface area contributed by atoms with Gasteiger partial charge in [-0.1, -0.05) is 12.1 Å². The maximum absolute atomic E-state index is 5.52. The normalized spacial score (nSPS) is 23.9. The lowest BCUT2D eigenvalue weighted by atomic mass is 10.0. The molecule has 1 N–H and O–H groups in total. The molecular formula is C17H26N2O. The second-order valence-corrected chi connectivity index (χ2v) is 6.14. The lowest BCUT2D eigenvalue weighted by Crippen LogP contribution is -2.24. The minimum Gasteiger partial charge on any atom is -0.385 e. The van der Waals surface area contributed by atoms with E-state index in [0.29, 0.717) is 5.92 Å². The van der Waals surface area contributed by atoms with Gasteiger partial charge in [-0.25, -0.2) is 0 Å². The standard InChI is InChI=1S/C17H26N2O/c1-2-10-19(9-1)13-15-5-7-17(8-6-15)18-12-16-4-3-11-20-14-16/h5-8,16,18H,1-4,9-14H2. The van der Waals surface area contributed by atoms with Crippen molar-refractivity contribution in [3.63, 3.8) is 0 Å². The number of rotatable bonds is 5. The third-order valence-corrected chi connectivity index (χ3v) is 4.41. The van der Waals surface area contributed by atoms with Crippen molar-refractivity contribution in [2.75, 3.05) is 38.2 Å². The Morgan fingerprint density at radius 3 is 2.60 bits per heavy atom. The van der Waals surface area contributed by atoms with E-state index in [-0.39, 0.29) is 0 Å². The van der Waals surface area contributed by atoms with E-state index in [0.717, 1.165) is 26.3 Å². The number of nitrogens with zero attached hydrogens (tertiary/aromatic N) is 1. The molecule has 3 nitrogen and oxygen atoms in total. The summed E-state index contributed by atoms with van der Waals surface area (Å²) in [6, 6.07) is 8.96. The van der Waals surface area contributed by atoms with Crippen LogP contribution in [0.25, 0.3) is 0 Å². The molecule has 3 rings (SSSR count). The highest BCUT2D eigenvalue weighted by molar-refractivity contribution is 5.44. The van der Waals surface area contributed by atoms with Crippen molar-refractivity contribution in [3.05, 3.63) is 29.8 Å². The summed E-state index contributed by atoms with van der Waals surface area (Å²) >= 11 is 0. The van der Waals surface area contributed by atoms with Gasteiger partial charge in [-0.3, -0.25) is 4.90 Å². The SMILES string of the molecule is c1cc(NCC2CCCOC2)ccc1CN1CCCC1. The maximum Gasteiger partial charge on any atom is 0.0511 e. The van der Waals surface area contributed by atoms with E-state index in [4.69, 9.17) is 4.74 Å². The summed E-state index contributed by atoms with van der Waals surface area (Å²) in [4.78, 5) is 2.54. The van der Waals surface area contributed by atoms with Crippen LogP contribution in [-0.2, 0) is 11.3 Å². The molecule has 20 heavy (non-hydrogen) atoms. The van der Waals surface area contributed by atoms with Crippen LogP contribution in [0.15, 0.2) is 24.3 Å². The second kappa shape index (κ2) is 7.09. The number of anilines is 1. The summed E-state index contributed by atoms with van der Waals surface area (Å²) in [6.45, 7) is 6.54. The summed E-state index contributed by atoms with van der Waals surface area (Å²) in [7, 11) is 0. The first-order valence-corrected chi connectivity index (χ1v) is 8.03. The Bertz CT molecular complexity index is 392. The van der Waals surface area contributed by atoms with Crippen molar-refractivity contribution in [2.45, 2.75) is 32.2 Å². The van der Waals surface area contributed by atoms with Gasteiger partial charge in [0.25, 0.3) is 0 Å². The predicted molar refractivity (Wildman–Crippen MR) is 83.0 cm³/mol. The fourth-order valence-corrected chi connectivity index (χ4v) is 3.16. The second-order valence-electron chi connectivity index (χ2n) is 6.14. The summed E-state index contributed by atoms with van der Waals surface area (Å²) < 4.78 is 5.52. The zero-order valence-corrected chi connectivity index (χ0v) is 12.3. The number of hydrogen-bond acceptors (Lipinski definition) is 3.